The van der Waals surface area contributed by atoms with Gasteiger partial charge in [-0.2, -0.15) is 0 Å². The predicted octanol–water partition coefficient (Wildman–Crippen LogP) is 3.06. The predicted molar refractivity (Wildman–Crippen MR) is 70.3 cm³/mol. The van der Waals surface area contributed by atoms with Crippen molar-refractivity contribution in [3.8, 4) is 0 Å². The van der Waals surface area contributed by atoms with Crippen molar-refractivity contribution in [3.05, 3.63) is 21.8 Å². The first-order valence-corrected chi connectivity index (χ1v) is 6.50. The van der Waals surface area contributed by atoms with Crippen LogP contribution in [-0.4, -0.2) is 30.0 Å². The van der Waals surface area contributed by atoms with Crippen LogP contribution in [-0.2, 0) is 9.47 Å². The van der Waals surface area contributed by atoms with Gasteiger partial charge in [0, 0.05) is 17.2 Å². The van der Waals surface area contributed by atoms with Crippen molar-refractivity contribution in [2.24, 2.45) is 0 Å². The molecule has 4 nitrogen and oxygen atoms in total. The maximum absolute atomic E-state index is 6.04. The Kier molecular flexibility index (Phi) is 3.92. The minimum atomic E-state index is -0.497. The molecule has 0 radical (unpaired) electrons. The third-order valence-corrected chi connectivity index (χ3v) is 3.09. The van der Waals surface area contributed by atoms with Crippen LogP contribution in [0.15, 0.2) is 16.7 Å². The van der Waals surface area contributed by atoms with E-state index in [0.29, 0.717) is 24.0 Å². The van der Waals surface area contributed by atoms with Gasteiger partial charge in [-0.05, 0) is 35.8 Å². The van der Waals surface area contributed by atoms with Gasteiger partial charge in [0.25, 0.3) is 0 Å². The van der Waals surface area contributed by atoms with Gasteiger partial charge in [-0.25, -0.2) is 4.98 Å². The van der Waals surface area contributed by atoms with Crippen molar-refractivity contribution in [2.75, 3.05) is 18.5 Å². The molecule has 0 bridgehead atoms. The highest BCUT2D eigenvalue weighted by Gasteiger charge is 2.32. The summed E-state index contributed by atoms with van der Waals surface area (Å²) in [7, 11) is 0. The summed E-state index contributed by atoms with van der Waals surface area (Å²) in [6.45, 7) is 5.00. The van der Waals surface area contributed by atoms with Gasteiger partial charge in [0.05, 0.1) is 11.6 Å². The molecule has 1 aromatic heterocycles. The molecule has 2 rings (SSSR count). The first-order chi connectivity index (χ1) is 7.96. The first-order valence-electron chi connectivity index (χ1n) is 5.33. The number of pyridine rings is 1. The fourth-order valence-corrected chi connectivity index (χ4v) is 2.32. The maximum atomic E-state index is 6.04. The maximum Gasteiger partial charge on any atom is 0.163 e. The van der Waals surface area contributed by atoms with Crippen molar-refractivity contribution < 1.29 is 9.47 Å². The molecule has 1 N–H and O–H groups in total. The molecule has 1 saturated heterocycles. The summed E-state index contributed by atoms with van der Waals surface area (Å²) < 4.78 is 12.0. The zero-order chi connectivity index (χ0) is 12.5. The minimum Gasteiger partial charge on any atom is -0.366 e. The van der Waals surface area contributed by atoms with Gasteiger partial charge in [-0.1, -0.05) is 11.6 Å². The molecule has 2 heterocycles. The molecule has 6 heteroatoms. The van der Waals surface area contributed by atoms with Crippen LogP contribution in [0.2, 0.25) is 5.02 Å². The number of rotatable bonds is 3. The minimum absolute atomic E-state index is 0.0199. The summed E-state index contributed by atoms with van der Waals surface area (Å²) in [5, 5.41) is 3.73. The van der Waals surface area contributed by atoms with E-state index in [4.69, 9.17) is 21.1 Å². The van der Waals surface area contributed by atoms with Gasteiger partial charge in [-0.15, -0.1) is 0 Å². The summed E-state index contributed by atoms with van der Waals surface area (Å²) in [5.41, 5.74) is 0. The van der Waals surface area contributed by atoms with Gasteiger partial charge in [-0.3, -0.25) is 0 Å². The van der Waals surface area contributed by atoms with Gasteiger partial charge >= 0.3 is 0 Å². The summed E-state index contributed by atoms with van der Waals surface area (Å²) >= 11 is 9.35. The average Bonchev–Trinajstić information content (AvgIpc) is 2.57. The van der Waals surface area contributed by atoms with Crippen molar-refractivity contribution in [1.29, 1.82) is 0 Å². The molecule has 1 fully saturated rings. The number of nitrogens with one attached hydrogen (secondary N) is 1. The Morgan fingerprint density at radius 2 is 2.41 bits per heavy atom. The summed E-state index contributed by atoms with van der Waals surface area (Å²) in [6.07, 6.45) is 1.72. The fraction of sp³-hybridized carbons (Fsp3) is 0.545. The molecule has 1 aromatic rings. The van der Waals surface area contributed by atoms with Crippen molar-refractivity contribution in [1.82, 2.24) is 4.98 Å². The monoisotopic (exact) mass is 320 g/mol. The molecule has 0 saturated carbocycles. The quantitative estimate of drug-likeness (QED) is 0.929. The van der Waals surface area contributed by atoms with E-state index in [-0.39, 0.29) is 6.10 Å². The summed E-state index contributed by atoms with van der Waals surface area (Å²) in [6, 6.07) is 1.80. The van der Waals surface area contributed by atoms with Crippen LogP contribution < -0.4 is 5.32 Å². The van der Waals surface area contributed by atoms with Crippen molar-refractivity contribution in [2.45, 2.75) is 25.7 Å². The normalized spacial score (nSPS) is 22.7. The zero-order valence-electron chi connectivity index (χ0n) is 9.67. The van der Waals surface area contributed by atoms with Crippen LogP contribution in [0.5, 0.6) is 0 Å². The van der Waals surface area contributed by atoms with Crippen LogP contribution in [0.4, 0.5) is 5.82 Å². The molecule has 1 aliphatic heterocycles. The molecule has 0 amide bonds. The summed E-state index contributed by atoms with van der Waals surface area (Å²) in [5.74, 6) is 0.159. The van der Waals surface area contributed by atoms with Crippen LogP contribution in [0.3, 0.4) is 0 Å². The molecular formula is C11H14BrClN2O2. The number of aromatic nitrogens is 1. The molecule has 0 spiro atoms. The number of halogens is 2. The highest BCUT2D eigenvalue weighted by molar-refractivity contribution is 9.10. The van der Waals surface area contributed by atoms with Crippen molar-refractivity contribution in [3.63, 3.8) is 0 Å². The summed E-state index contributed by atoms with van der Waals surface area (Å²) in [4.78, 5) is 4.19. The van der Waals surface area contributed by atoms with Crippen molar-refractivity contribution >= 4 is 33.3 Å². The molecule has 0 aromatic carbocycles. The molecule has 94 valence electrons. The second-order valence-corrected chi connectivity index (χ2v) is 5.64. The van der Waals surface area contributed by atoms with Crippen LogP contribution in [0, 0.1) is 0 Å². The second-order valence-electron chi connectivity index (χ2n) is 4.32. The van der Waals surface area contributed by atoms with Crippen LogP contribution in [0.25, 0.3) is 0 Å². The number of hydrogen-bond donors (Lipinski definition) is 1. The number of nitrogens with zero attached hydrogens (tertiary/aromatic N) is 1. The van der Waals surface area contributed by atoms with Crippen LogP contribution >= 0.6 is 27.5 Å². The van der Waals surface area contributed by atoms with Gasteiger partial charge in [0.15, 0.2) is 5.79 Å². The highest BCUT2D eigenvalue weighted by Crippen LogP contribution is 2.25. The Hall–Kier alpha value is -0.360. The van der Waals surface area contributed by atoms with E-state index in [1.807, 2.05) is 13.8 Å². The molecule has 1 aliphatic rings. The van der Waals surface area contributed by atoms with E-state index in [1.54, 1.807) is 12.3 Å². The number of anilines is 1. The van der Waals surface area contributed by atoms with E-state index in [2.05, 4.69) is 26.2 Å². The smallest absolute Gasteiger partial charge is 0.163 e. The number of hydrogen-bond acceptors (Lipinski definition) is 4. The third-order valence-electron chi connectivity index (χ3n) is 2.37. The lowest BCUT2D eigenvalue weighted by molar-refractivity contribution is -0.136. The van der Waals surface area contributed by atoms with E-state index >= 15 is 0 Å². The third kappa shape index (κ3) is 3.55. The van der Waals surface area contributed by atoms with E-state index in [9.17, 15) is 0 Å². The SMILES string of the molecule is CC1(C)OCC(CNc2ncc(Br)cc2Cl)O1. The van der Waals surface area contributed by atoms with E-state index in [1.165, 1.54) is 0 Å². The van der Waals surface area contributed by atoms with Gasteiger partial charge in [0.1, 0.15) is 11.9 Å². The standard InChI is InChI=1S/C11H14BrClN2O2/c1-11(2)16-6-8(17-11)5-15-10-9(13)3-7(12)4-14-10/h3-4,8H,5-6H2,1-2H3,(H,14,15). The molecule has 17 heavy (non-hydrogen) atoms. The lowest BCUT2D eigenvalue weighted by atomic mass is 10.3. The Balaban J connectivity index is 1.90. The fourth-order valence-electron chi connectivity index (χ4n) is 1.62. The zero-order valence-corrected chi connectivity index (χ0v) is 12.0. The highest BCUT2D eigenvalue weighted by atomic mass is 79.9. The first kappa shape index (κ1) is 13.1. The molecular weight excluding hydrogens is 307 g/mol. The Bertz CT molecular complexity index is 414. The molecule has 1 unspecified atom stereocenters. The van der Waals surface area contributed by atoms with E-state index < -0.39 is 5.79 Å². The Labute approximate surface area is 114 Å². The topological polar surface area (TPSA) is 43.4 Å². The van der Waals surface area contributed by atoms with Gasteiger partial charge < -0.3 is 14.8 Å². The number of ether oxygens (including phenoxy) is 2. The lowest BCUT2D eigenvalue weighted by Crippen LogP contribution is -2.26. The molecule has 0 aliphatic carbocycles. The molecule has 1 atom stereocenters. The Morgan fingerprint density at radius 1 is 1.65 bits per heavy atom. The lowest BCUT2D eigenvalue weighted by Gasteiger charge is -2.17. The van der Waals surface area contributed by atoms with Crippen LogP contribution in [0.1, 0.15) is 13.8 Å². The largest absolute Gasteiger partial charge is 0.366 e. The second kappa shape index (κ2) is 5.10. The van der Waals surface area contributed by atoms with Gasteiger partial charge in [0.2, 0.25) is 0 Å². The van der Waals surface area contributed by atoms with E-state index in [0.717, 1.165) is 4.47 Å². The Morgan fingerprint density at radius 3 is 3.00 bits per heavy atom. The average molecular weight is 322 g/mol.